The van der Waals surface area contributed by atoms with E-state index in [9.17, 15) is 9.59 Å². The maximum atomic E-state index is 12.8. The lowest BCUT2D eigenvalue weighted by Gasteiger charge is -2.15. The van der Waals surface area contributed by atoms with Crippen LogP contribution in [0.2, 0.25) is 0 Å². The van der Waals surface area contributed by atoms with Crippen molar-refractivity contribution in [3.05, 3.63) is 113 Å². The van der Waals surface area contributed by atoms with Crippen LogP contribution in [0.25, 0.3) is 11.1 Å². The molecule has 0 radical (unpaired) electrons. The van der Waals surface area contributed by atoms with Crippen LogP contribution in [0, 0.1) is 0 Å². The molecule has 180 valence electrons. The number of rotatable bonds is 9. The van der Waals surface area contributed by atoms with Crippen LogP contribution in [0.4, 0.5) is 0 Å². The van der Waals surface area contributed by atoms with E-state index in [4.69, 9.17) is 9.47 Å². The SMILES string of the molecule is COc1ccc(Sc2ccccc2C=O)c(CCC(=O)OCC2c3ccccc3-c3ccccc32)c1. The van der Waals surface area contributed by atoms with Gasteiger partial charge >= 0.3 is 5.97 Å². The Kier molecular flexibility index (Phi) is 7.19. The number of aldehydes is 1. The number of hydrogen-bond acceptors (Lipinski definition) is 5. The quantitative estimate of drug-likeness (QED) is 0.186. The van der Waals surface area contributed by atoms with Crippen molar-refractivity contribution in [3.63, 3.8) is 0 Å². The highest BCUT2D eigenvalue weighted by Gasteiger charge is 2.29. The van der Waals surface area contributed by atoms with E-state index in [1.54, 1.807) is 13.2 Å². The maximum absolute atomic E-state index is 12.8. The molecule has 0 N–H and O–H groups in total. The van der Waals surface area contributed by atoms with Gasteiger partial charge in [-0.15, -0.1) is 0 Å². The average molecular weight is 495 g/mol. The summed E-state index contributed by atoms with van der Waals surface area (Å²) in [5.74, 6) is 0.540. The fraction of sp³-hybridized carbons (Fsp3) is 0.161. The summed E-state index contributed by atoms with van der Waals surface area (Å²) in [6, 6.07) is 29.9. The predicted octanol–water partition coefficient (Wildman–Crippen LogP) is 6.95. The number of carbonyl (C=O) groups is 2. The van der Waals surface area contributed by atoms with Gasteiger partial charge in [-0.05, 0) is 58.5 Å². The van der Waals surface area contributed by atoms with Crippen LogP contribution >= 0.6 is 11.8 Å². The molecule has 5 heteroatoms. The fourth-order valence-corrected chi connectivity index (χ4v) is 5.74. The number of hydrogen-bond donors (Lipinski definition) is 0. The predicted molar refractivity (Wildman–Crippen MR) is 142 cm³/mol. The van der Waals surface area contributed by atoms with Gasteiger partial charge in [-0.1, -0.05) is 78.5 Å². The molecular weight excluding hydrogens is 468 g/mol. The van der Waals surface area contributed by atoms with E-state index in [1.807, 2.05) is 60.7 Å². The third-order valence-corrected chi connectivity index (χ3v) is 7.72. The van der Waals surface area contributed by atoms with Crippen LogP contribution in [0.1, 0.15) is 39.4 Å². The zero-order chi connectivity index (χ0) is 24.9. The number of methoxy groups -OCH3 is 1. The largest absolute Gasteiger partial charge is 0.497 e. The average Bonchev–Trinajstić information content (AvgIpc) is 3.25. The van der Waals surface area contributed by atoms with E-state index in [0.717, 1.165) is 27.4 Å². The van der Waals surface area contributed by atoms with E-state index in [-0.39, 0.29) is 18.3 Å². The molecule has 0 aliphatic heterocycles. The van der Waals surface area contributed by atoms with Gasteiger partial charge in [-0.2, -0.15) is 0 Å². The molecule has 0 saturated heterocycles. The summed E-state index contributed by atoms with van der Waals surface area (Å²) in [5, 5.41) is 0. The van der Waals surface area contributed by atoms with Gasteiger partial charge < -0.3 is 9.47 Å². The number of aryl methyl sites for hydroxylation is 1. The zero-order valence-corrected chi connectivity index (χ0v) is 20.8. The number of fused-ring (bicyclic) bond motifs is 3. The van der Waals surface area contributed by atoms with E-state index in [2.05, 4.69) is 24.3 Å². The normalized spacial score (nSPS) is 12.0. The lowest BCUT2D eigenvalue weighted by molar-refractivity contribution is -0.143. The highest BCUT2D eigenvalue weighted by Crippen LogP contribution is 2.44. The third kappa shape index (κ3) is 4.93. The van der Waals surface area contributed by atoms with Gasteiger partial charge in [0.25, 0.3) is 0 Å². The summed E-state index contributed by atoms with van der Waals surface area (Å²) < 4.78 is 11.2. The number of esters is 1. The van der Waals surface area contributed by atoms with Crippen LogP contribution in [0.5, 0.6) is 5.75 Å². The van der Waals surface area contributed by atoms with Gasteiger partial charge in [0.15, 0.2) is 6.29 Å². The van der Waals surface area contributed by atoms with E-state index < -0.39 is 0 Å². The zero-order valence-electron chi connectivity index (χ0n) is 20.0. The third-order valence-electron chi connectivity index (χ3n) is 6.51. The summed E-state index contributed by atoms with van der Waals surface area (Å²) in [6.07, 6.45) is 1.63. The molecule has 0 atom stereocenters. The standard InChI is InChI=1S/C31H26O4S/c1-34-23-15-16-30(36-29-13-7-2-8-22(29)19-32)21(18-23)14-17-31(33)35-20-28-26-11-5-3-9-24(26)25-10-4-6-12-27(25)28/h2-13,15-16,18-19,28H,14,17,20H2,1H3. The van der Waals surface area contributed by atoms with Gasteiger partial charge in [-0.3, -0.25) is 9.59 Å². The molecule has 4 aromatic rings. The Balaban J connectivity index is 1.27. The summed E-state index contributed by atoms with van der Waals surface area (Å²) in [7, 11) is 1.62. The van der Waals surface area contributed by atoms with Crippen molar-refractivity contribution in [3.8, 4) is 16.9 Å². The van der Waals surface area contributed by atoms with E-state index in [1.165, 1.54) is 34.0 Å². The molecular formula is C31H26O4S. The topological polar surface area (TPSA) is 52.6 Å². The molecule has 0 unspecified atom stereocenters. The van der Waals surface area contributed by atoms with Gasteiger partial charge in [-0.25, -0.2) is 0 Å². The summed E-state index contributed by atoms with van der Waals surface area (Å²) in [6.45, 7) is 0.319. The van der Waals surface area contributed by atoms with Crippen LogP contribution in [0.3, 0.4) is 0 Å². The van der Waals surface area contributed by atoms with Crippen LogP contribution in [-0.2, 0) is 16.0 Å². The Hall–Kier alpha value is -3.83. The first-order valence-corrected chi connectivity index (χ1v) is 12.7. The first-order valence-electron chi connectivity index (χ1n) is 11.9. The number of ether oxygens (including phenoxy) is 2. The minimum atomic E-state index is -0.232. The lowest BCUT2D eigenvalue weighted by atomic mass is 9.98. The van der Waals surface area contributed by atoms with Crippen LogP contribution in [-0.4, -0.2) is 26.0 Å². The summed E-state index contributed by atoms with van der Waals surface area (Å²) >= 11 is 1.52. The molecule has 0 spiro atoms. The van der Waals surface area contributed by atoms with Crippen molar-refractivity contribution in [2.75, 3.05) is 13.7 Å². The first kappa shape index (κ1) is 23.9. The van der Waals surface area contributed by atoms with Crippen LogP contribution in [0.15, 0.2) is 101 Å². The minimum absolute atomic E-state index is 0.0455. The number of benzene rings is 4. The van der Waals surface area contributed by atoms with Gasteiger partial charge in [0, 0.05) is 27.7 Å². The Morgan fingerprint density at radius 1 is 0.861 bits per heavy atom. The van der Waals surface area contributed by atoms with Crippen molar-refractivity contribution in [2.45, 2.75) is 28.6 Å². The fourth-order valence-electron chi connectivity index (χ4n) is 4.69. The number of carbonyl (C=O) groups excluding carboxylic acids is 2. The second-order valence-corrected chi connectivity index (χ2v) is 9.73. The molecule has 0 amide bonds. The van der Waals surface area contributed by atoms with Crippen molar-refractivity contribution in [1.82, 2.24) is 0 Å². The van der Waals surface area contributed by atoms with Crippen molar-refractivity contribution < 1.29 is 19.1 Å². The lowest BCUT2D eigenvalue weighted by Crippen LogP contribution is -2.13. The molecule has 1 aliphatic rings. The molecule has 5 rings (SSSR count). The Morgan fingerprint density at radius 2 is 1.53 bits per heavy atom. The van der Waals surface area contributed by atoms with Gasteiger partial charge in [0.2, 0.25) is 0 Å². The molecule has 4 nitrogen and oxygen atoms in total. The van der Waals surface area contributed by atoms with Crippen molar-refractivity contribution in [1.29, 1.82) is 0 Å². The Labute approximate surface area is 215 Å². The molecule has 0 heterocycles. The molecule has 0 saturated carbocycles. The first-order chi connectivity index (χ1) is 17.7. The molecule has 0 fully saturated rings. The smallest absolute Gasteiger partial charge is 0.306 e. The van der Waals surface area contributed by atoms with Crippen molar-refractivity contribution in [2.24, 2.45) is 0 Å². The second-order valence-electron chi connectivity index (χ2n) is 8.64. The molecule has 0 aromatic heterocycles. The van der Waals surface area contributed by atoms with E-state index >= 15 is 0 Å². The van der Waals surface area contributed by atoms with Gasteiger partial charge in [0.05, 0.1) is 7.11 Å². The molecule has 36 heavy (non-hydrogen) atoms. The van der Waals surface area contributed by atoms with Gasteiger partial charge in [0.1, 0.15) is 12.4 Å². The summed E-state index contributed by atoms with van der Waals surface area (Å²) in [5.41, 5.74) is 6.44. The minimum Gasteiger partial charge on any atom is -0.497 e. The highest BCUT2D eigenvalue weighted by atomic mass is 32.2. The van der Waals surface area contributed by atoms with Crippen molar-refractivity contribution >= 4 is 24.0 Å². The molecule has 0 bridgehead atoms. The molecule has 1 aliphatic carbocycles. The van der Waals surface area contributed by atoms with E-state index in [0.29, 0.717) is 18.6 Å². The Morgan fingerprint density at radius 3 is 2.22 bits per heavy atom. The second kappa shape index (κ2) is 10.8. The van der Waals surface area contributed by atoms with Crippen LogP contribution < -0.4 is 4.74 Å². The maximum Gasteiger partial charge on any atom is 0.306 e. The summed E-state index contributed by atoms with van der Waals surface area (Å²) in [4.78, 5) is 26.1. The highest BCUT2D eigenvalue weighted by molar-refractivity contribution is 7.99. The monoisotopic (exact) mass is 494 g/mol. The molecule has 4 aromatic carbocycles. The Bertz CT molecular complexity index is 1370.